The normalized spacial score (nSPS) is 11.9. The Hall–Kier alpha value is -2.09. The molecule has 0 spiro atoms. The third-order valence-corrected chi connectivity index (χ3v) is 3.96. The molecule has 0 radical (unpaired) electrons. The molecule has 0 aliphatic rings. The van der Waals surface area contributed by atoms with Gasteiger partial charge in [0, 0.05) is 7.11 Å². The third kappa shape index (κ3) is 3.97. The molecule has 1 aromatic heterocycles. The highest BCUT2D eigenvalue weighted by atomic mass is 32.1. The van der Waals surface area contributed by atoms with E-state index in [2.05, 4.69) is 10.3 Å². The topological polar surface area (TPSA) is 88.5 Å². The Labute approximate surface area is 131 Å². The van der Waals surface area contributed by atoms with E-state index in [1.807, 2.05) is 30.3 Å². The van der Waals surface area contributed by atoms with Gasteiger partial charge in [-0.3, -0.25) is 9.59 Å². The lowest BCUT2D eigenvalue weighted by molar-refractivity contribution is -0.118. The second-order valence-electron chi connectivity index (χ2n) is 4.52. The summed E-state index contributed by atoms with van der Waals surface area (Å²) in [7, 11) is 1.53. The van der Waals surface area contributed by atoms with Crippen molar-refractivity contribution in [3.63, 3.8) is 0 Å². The van der Waals surface area contributed by atoms with Gasteiger partial charge in [-0.05, 0) is 5.56 Å². The number of methoxy groups -OCH3 is 1. The number of rotatable bonds is 7. The maximum atomic E-state index is 12.4. The summed E-state index contributed by atoms with van der Waals surface area (Å²) in [5, 5.41) is 11.8. The molecule has 0 saturated heterocycles. The van der Waals surface area contributed by atoms with Crippen molar-refractivity contribution in [2.75, 3.05) is 25.6 Å². The number of Topliss-reactive ketones (excluding diaryl/α,β-unsaturated/α-hetero) is 1. The first-order valence-corrected chi connectivity index (χ1v) is 7.42. The SMILES string of the molecule is COCC(C(=O)Nc1ncc(C(=O)CO)s1)c1ccccc1. The summed E-state index contributed by atoms with van der Waals surface area (Å²) in [5.74, 6) is -1.15. The lowest BCUT2D eigenvalue weighted by Gasteiger charge is -2.15. The highest BCUT2D eigenvalue weighted by Crippen LogP contribution is 2.22. The van der Waals surface area contributed by atoms with E-state index in [9.17, 15) is 9.59 Å². The standard InChI is InChI=1S/C15H16N2O4S/c1-21-9-11(10-5-3-2-4-6-10)14(20)17-15-16-7-13(22-15)12(19)8-18/h2-7,11,18H,8-9H2,1H3,(H,16,17,20). The monoisotopic (exact) mass is 320 g/mol. The summed E-state index contributed by atoms with van der Waals surface area (Å²) >= 11 is 1.03. The minimum absolute atomic E-state index is 0.240. The van der Waals surface area contributed by atoms with Crippen molar-refractivity contribution in [3.8, 4) is 0 Å². The number of aromatic nitrogens is 1. The fourth-order valence-electron chi connectivity index (χ4n) is 1.91. The molecule has 0 aliphatic heterocycles. The molecule has 22 heavy (non-hydrogen) atoms. The van der Waals surface area contributed by atoms with Crippen molar-refractivity contribution >= 4 is 28.2 Å². The molecule has 2 N–H and O–H groups in total. The van der Waals surface area contributed by atoms with Gasteiger partial charge in [0.15, 0.2) is 10.9 Å². The fourth-order valence-corrected chi connectivity index (χ4v) is 2.66. The summed E-state index contributed by atoms with van der Waals surface area (Å²) in [6, 6.07) is 9.29. The van der Waals surface area contributed by atoms with Gasteiger partial charge in [-0.2, -0.15) is 0 Å². The number of thiazole rings is 1. The number of carbonyl (C=O) groups is 2. The first-order valence-electron chi connectivity index (χ1n) is 6.60. The highest BCUT2D eigenvalue weighted by Gasteiger charge is 2.22. The van der Waals surface area contributed by atoms with Crippen LogP contribution in [0.2, 0.25) is 0 Å². The van der Waals surface area contributed by atoms with Crippen LogP contribution in [-0.4, -0.2) is 42.1 Å². The van der Waals surface area contributed by atoms with Crippen LogP contribution in [0.25, 0.3) is 0 Å². The maximum absolute atomic E-state index is 12.4. The zero-order chi connectivity index (χ0) is 15.9. The van der Waals surface area contributed by atoms with Crippen LogP contribution in [0.3, 0.4) is 0 Å². The van der Waals surface area contributed by atoms with Crippen LogP contribution in [-0.2, 0) is 9.53 Å². The molecule has 1 atom stereocenters. The lowest BCUT2D eigenvalue weighted by atomic mass is 9.99. The number of hydrogen-bond acceptors (Lipinski definition) is 6. The molecule has 1 amide bonds. The maximum Gasteiger partial charge on any atom is 0.236 e. The number of aliphatic hydroxyl groups excluding tert-OH is 1. The molecule has 0 bridgehead atoms. The van der Waals surface area contributed by atoms with Gasteiger partial charge in [0.2, 0.25) is 5.91 Å². The van der Waals surface area contributed by atoms with Gasteiger partial charge in [0.05, 0.1) is 23.6 Å². The zero-order valence-electron chi connectivity index (χ0n) is 12.0. The molecule has 2 rings (SSSR count). The number of amides is 1. The van der Waals surface area contributed by atoms with Crippen LogP contribution in [0.15, 0.2) is 36.5 Å². The lowest BCUT2D eigenvalue weighted by Crippen LogP contribution is -2.24. The number of hydrogen-bond donors (Lipinski definition) is 2. The molecule has 116 valence electrons. The number of nitrogens with zero attached hydrogens (tertiary/aromatic N) is 1. The average molecular weight is 320 g/mol. The smallest absolute Gasteiger partial charge is 0.236 e. The van der Waals surface area contributed by atoms with Crippen LogP contribution >= 0.6 is 11.3 Å². The highest BCUT2D eigenvalue weighted by molar-refractivity contribution is 7.17. The molecule has 0 saturated carbocycles. The predicted octanol–water partition coefficient (Wildman–Crippen LogP) is 1.69. The molecular formula is C15H16N2O4S. The molecule has 1 aromatic carbocycles. The molecule has 2 aromatic rings. The minimum atomic E-state index is -0.577. The van der Waals surface area contributed by atoms with Crippen LogP contribution in [0.4, 0.5) is 5.13 Å². The third-order valence-electron chi connectivity index (χ3n) is 3.01. The molecule has 0 fully saturated rings. The van der Waals surface area contributed by atoms with Crippen molar-refractivity contribution in [2.24, 2.45) is 0 Å². The van der Waals surface area contributed by atoms with Crippen LogP contribution < -0.4 is 5.32 Å². The molecule has 1 unspecified atom stereocenters. The van der Waals surface area contributed by atoms with Crippen molar-refractivity contribution in [2.45, 2.75) is 5.92 Å². The first kappa shape index (κ1) is 16.3. The Morgan fingerprint density at radius 2 is 2.09 bits per heavy atom. The second kappa shape index (κ2) is 7.79. The average Bonchev–Trinajstić information content (AvgIpc) is 3.01. The summed E-state index contributed by atoms with van der Waals surface area (Å²) in [4.78, 5) is 28.0. The van der Waals surface area contributed by atoms with Gasteiger partial charge in [0.1, 0.15) is 6.61 Å². The predicted molar refractivity (Wildman–Crippen MR) is 83.2 cm³/mol. The van der Waals surface area contributed by atoms with Gasteiger partial charge in [-0.15, -0.1) is 0 Å². The van der Waals surface area contributed by atoms with E-state index in [4.69, 9.17) is 9.84 Å². The largest absolute Gasteiger partial charge is 0.388 e. The fraction of sp³-hybridized carbons (Fsp3) is 0.267. The Bertz CT molecular complexity index is 642. The summed E-state index contributed by atoms with van der Waals surface area (Å²) < 4.78 is 5.11. The van der Waals surface area contributed by atoms with Crippen molar-refractivity contribution in [1.82, 2.24) is 4.98 Å². The van der Waals surface area contributed by atoms with Gasteiger partial charge >= 0.3 is 0 Å². The Balaban J connectivity index is 2.11. The summed E-state index contributed by atoms with van der Waals surface area (Å²) in [6.45, 7) is -0.338. The van der Waals surface area contributed by atoms with E-state index in [1.54, 1.807) is 0 Å². The molecule has 1 heterocycles. The Kier molecular flexibility index (Phi) is 5.76. The number of aliphatic hydroxyl groups is 1. The molecule has 6 nitrogen and oxygen atoms in total. The summed E-state index contributed by atoms with van der Waals surface area (Å²) in [5.41, 5.74) is 0.838. The van der Waals surface area contributed by atoms with E-state index < -0.39 is 18.3 Å². The molecule has 0 aliphatic carbocycles. The number of ketones is 1. The van der Waals surface area contributed by atoms with E-state index in [0.717, 1.165) is 16.9 Å². The molecule has 7 heteroatoms. The van der Waals surface area contributed by atoms with Crippen LogP contribution in [0, 0.1) is 0 Å². The van der Waals surface area contributed by atoms with Gasteiger partial charge < -0.3 is 15.2 Å². The van der Waals surface area contributed by atoms with Crippen LogP contribution in [0.1, 0.15) is 21.2 Å². The quantitative estimate of drug-likeness (QED) is 0.758. The first-order chi connectivity index (χ1) is 10.7. The Morgan fingerprint density at radius 1 is 1.36 bits per heavy atom. The number of ether oxygens (including phenoxy) is 1. The van der Waals surface area contributed by atoms with E-state index in [0.29, 0.717) is 10.0 Å². The van der Waals surface area contributed by atoms with E-state index in [-0.39, 0.29) is 12.5 Å². The zero-order valence-corrected chi connectivity index (χ0v) is 12.8. The van der Waals surface area contributed by atoms with Crippen molar-refractivity contribution < 1.29 is 19.4 Å². The molecular weight excluding hydrogens is 304 g/mol. The van der Waals surface area contributed by atoms with Gasteiger partial charge in [-0.25, -0.2) is 4.98 Å². The van der Waals surface area contributed by atoms with E-state index >= 15 is 0 Å². The van der Waals surface area contributed by atoms with Crippen molar-refractivity contribution in [1.29, 1.82) is 0 Å². The Morgan fingerprint density at radius 3 is 2.73 bits per heavy atom. The number of benzene rings is 1. The van der Waals surface area contributed by atoms with Crippen molar-refractivity contribution in [3.05, 3.63) is 47.0 Å². The van der Waals surface area contributed by atoms with Gasteiger partial charge in [0.25, 0.3) is 0 Å². The number of carbonyl (C=O) groups excluding carboxylic acids is 2. The van der Waals surface area contributed by atoms with Gasteiger partial charge in [-0.1, -0.05) is 41.7 Å². The summed E-state index contributed by atoms with van der Waals surface area (Å²) in [6.07, 6.45) is 1.34. The second-order valence-corrected chi connectivity index (χ2v) is 5.55. The van der Waals surface area contributed by atoms with E-state index in [1.165, 1.54) is 13.3 Å². The number of nitrogens with one attached hydrogen (secondary N) is 1. The number of anilines is 1. The van der Waals surface area contributed by atoms with Crippen LogP contribution in [0.5, 0.6) is 0 Å². The minimum Gasteiger partial charge on any atom is -0.388 e.